The van der Waals surface area contributed by atoms with E-state index in [1.54, 1.807) is 18.5 Å². The maximum absolute atomic E-state index is 11.3. The fourth-order valence-electron chi connectivity index (χ4n) is 2.20. The van der Waals surface area contributed by atoms with Gasteiger partial charge in [0.15, 0.2) is 11.5 Å². The van der Waals surface area contributed by atoms with E-state index >= 15 is 0 Å². The summed E-state index contributed by atoms with van der Waals surface area (Å²) in [7, 11) is 0. The highest BCUT2D eigenvalue weighted by atomic mass is 35.5. The van der Waals surface area contributed by atoms with Crippen molar-refractivity contribution in [3.05, 3.63) is 35.0 Å². The molecule has 0 spiro atoms. The average molecular weight is 378 g/mol. The van der Waals surface area contributed by atoms with Crippen molar-refractivity contribution >= 4 is 23.2 Å². The monoisotopic (exact) mass is 377 g/mol. The molecule has 2 N–H and O–H groups in total. The minimum absolute atomic E-state index is 0.111. The summed E-state index contributed by atoms with van der Waals surface area (Å²) in [5.41, 5.74) is 2.27. The Labute approximate surface area is 155 Å². The van der Waals surface area contributed by atoms with E-state index in [4.69, 9.17) is 21.1 Å². The number of aryl methyl sites for hydroxylation is 1. The number of H-pyrrole nitrogens is 1. The lowest BCUT2D eigenvalue weighted by atomic mass is 10.2. The summed E-state index contributed by atoms with van der Waals surface area (Å²) in [6.45, 7) is 5.77. The van der Waals surface area contributed by atoms with E-state index in [-0.39, 0.29) is 25.3 Å². The Morgan fingerprint density at radius 2 is 2.04 bits per heavy atom. The maximum atomic E-state index is 11.3. The first kappa shape index (κ1) is 18.2. The van der Waals surface area contributed by atoms with Crippen molar-refractivity contribution in [1.29, 1.82) is 0 Å². The Balaban J connectivity index is 1.54. The summed E-state index contributed by atoms with van der Waals surface area (Å²) in [5, 5.41) is 10.8. The normalized spacial score (nSPS) is 11.3. The molecule has 0 amide bonds. The van der Waals surface area contributed by atoms with E-state index in [9.17, 15) is 4.79 Å². The molecular formula is C17H20ClN5O3. The van der Waals surface area contributed by atoms with Crippen LogP contribution in [-0.4, -0.2) is 39.2 Å². The van der Waals surface area contributed by atoms with Crippen molar-refractivity contribution in [3.63, 3.8) is 0 Å². The summed E-state index contributed by atoms with van der Waals surface area (Å²) in [6, 6.07) is 7.37. The summed E-state index contributed by atoms with van der Waals surface area (Å²) in [5.74, 6) is 0.854. The Morgan fingerprint density at radius 1 is 1.31 bits per heavy atom. The number of hydrogen-bond donors (Lipinski definition) is 2. The Hall–Kier alpha value is -2.58. The number of ether oxygens (including phenoxy) is 2. The molecule has 2 heterocycles. The van der Waals surface area contributed by atoms with Crippen LogP contribution in [0.5, 0.6) is 5.75 Å². The van der Waals surface area contributed by atoms with Gasteiger partial charge in [0.25, 0.3) is 0 Å². The molecule has 0 aliphatic rings. The molecule has 8 nitrogen and oxygen atoms in total. The minimum atomic E-state index is -0.249. The molecule has 2 aromatic heterocycles. The maximum Gasteiger partial charge on any atom is 0.309 e. The number of nitrogens with one attached hydrogen (secondary N) is 2. The van der Waals surface area contributed by atoms with Crippen LogP contribution in [0.1, 0.15) is 19.5 Å². The molecule has 26 heavy (non-hydrogen) atoms. The number of rotatable bonds is 7. The van der Waals surface area contributed by atoms with Crippen LogP contribution in [0.4, 0.5) is 0 Å². The van der Waals surface area contributed by atoms with E-state index < -0.39 is 0 Å². The zero-order valence-electron chi connectivity index (χ0n) is 14.7. The number of benzene rings is 1. The summed E-state index contributed by atoms with van der Waals surface area (Å²) in [4.78, 5) is 15.7. The SMILES string of the molecule is Cc1[nH]n2nc(-c3ccc(OCNCOC(=O)C(C)C)cc3)nc2c1Cl. The second-order valence-corrected chi connectivity index (χ2v) is 6.43. The highest BCUT2D eigenvalue weighted by molar-refractivity contribution is 6.34. The van der Waals surface area contributed by atoms with Gasteiger partial charge in [-0.05, 0) is 31.2 Å². The summed E-state index contributed by atoms with van der Waals surface area (Å²) < 4.78 is 12.1. The smallest absolute Gasteiger partial charge is 0.309 e. The largest absolute Gasteiger partial charge is 0.478 e. The molecule has 9 heteroatoms. The van der Waals surface area contributed by atoms with Crippen LogP contribution < -0.4 is 10.1 Å². The molecule has 3 rings (SSSR count). The first-order chi connectivity index (χ1) is 12.5. The van der Waals surface area contributed by atoms with Crippen molar-refractivity contribution in [2.75, 3.05) is 13.5 Å². The molecule has 0 aliphatic carbocycles. The van der Waals surface area contributed by atoms with Crippen LogP contribution in [0.15, 0.2) is 24.3 Å². The molecule has 0 saturated heterocycles. The van der Waals surface area contributed by atoms with Gasteiger partial charge in [0.2, 0.25) is 0 Å². The first-order valence-electron chi connectivity index (χ1n) is 8.17. The van der Waals surface area contributed by atoms with E-state index in [0.717, 1.165) is 11.3 Å². The van der Waals surface area contributed by atoms with Crippen molar-refractivity contribution < 1.29 is 14.3 Å². The quantitative estimate of drug-likeness (QED) is 0.373. The molecule has 0 radical (unpaired) electrons. The standard InChI is InChI=1S/C17H20ClN5O3/c1-10(2)17(24)26-9-19-8-25-13-6-4-12(5-7-13)15-20-16-14(18)11(3)21-23(16)22-15/h4-7,10,19,21H,8-9H2,1-3H3. The summed E-state index contributed by atoms with van der Waals surface area (Å²) >= 11 is 6.17. The van der Waals surface area contributed by atoms with E-state index in [1.807, 2.05) is 31.2 Å². The van der Waals surface area contributed by atoms with Crippen LogP contribution in [0, 0.1) is 12.8 Å². The fraction of sp³-hybridized carbons (Fsp3) is 0.353. The molecule has 138 valence electrons. The van der Waals surface area contributed by atoms with Gasteiger partial charge in [0, 0.05) is 5.56 Å². The van der Waals surface area contributed by atoms with Gasteiger partial charge in [-0.15, -0.1) is 5.10 Å². The molecule has 0 aliphatic heterocycles. The third-order valence-electron chi connectivity index (χ3n) is 3.65. The molecule has 0 bridgehead atoms. The van der Waals surface area contributed by atoms with Gasteiger partial charge in [-0.25, -0.2) is 4.98 Å². The lowest BCUT2D eigenvalue weighted by molar-refractivity contribution is -0.148. The van der Waals surface area contributed by atoms with Gasteiger partial charge in [-0.2, -0.15) is 4.63 Å². The molecule has 0 saturated carbocycles. The molecule has 0 unspecified atom stereocenters. The minimum Gasteiger partial charge on any atom is -0.478 e. The zero-order chi connectivity index (χ0) is 18.7. The second-order valence-electron chi connectivity index (χ2n) is 6.05. The summed E-state index contributed by atoms with van der Waals surface area (Å²) in [6.07, 6.45) is 0. The lowest BCUT2D eigenvalue weighted by Crippen LogP contribution is -2.26. The number of halogens is 1. The van der Waals surface area contributed by atoms with Crippen LogP contribution in [0.25, 0.3) is 17.0 Å². The zero-order valence-corrected chi connectivity index (χ0v) is 15.5. The number of carbonyl (C=O) groups excluding carboxylic acids is 1. The van der Waals surface area contributed by atoms with Crippen LogP contribution in [0.3, 0.4) is 0 Å². The van der Waals surface area contributed by atoms with Crippen LogP contribution in [0.2, 0.25) is 5.02 Å². The van der Waals surface area contributed by atoms with Gasteiger partial charge < -0.3 is 9.47 Å². The van der Waals surface area contributed by atoms with Gasteiger partial charge >= 0.3 is 5.97 Å². The molecule has 0 fully saturated rings. The number of nitrogens with zero attached hydrogens (tertiary/aromatic N) is 3. The van der Waals surface area contributed by atoms with Crippen molar-refractivity contribution in [1.82, 2.24) is 25.1 Å². The molecular weight excluding hydrogens is 358 g/mol. The highest BCUT2D eigenvalue weighted by Crippen LogP contribution is 2.24. The highest BCUT2D eigenvalue weighted by Gasteiger charge is 2.13. The third-order valence-corrected chi connectivity index (χ3v) is 4.10. The molecule has 0 atom stereocenters. The fourth-order valence-corrected chi connectivity index (χ4v) is 2.36. The number of hydrogen-bond acceptors (Lipinski definition) is 6. The van der Waals surface area contributed by atoms with Gasteiger partial charge in [-0.1, -0.05) is 25.4 Å². The number of fused-ring (bicyclic) bond motifs is 1. The second kappa shape index (κ2) is 7.76. The van der Waals surface area contributed by atoms with Crippen LogP contribution >= 0.6 is 11.6 Å². The van der Waals surface area contributed by atoms with E-state index in [2.05, 4.69) is 20.5 Å². The topological polar surface area (TPSA) is 93.5 Å². The first-order valence-corrected chi connectivity index (χ1v) is 8.55. The predicted octanol–water partition coefficient (Wildman–Crippen LogP) is 2.77. The van der Waals surface area contributed by atoms with Crippen molar-refractivity contribution in [2.24, 2.45) is 5.92 Å². The van der Waals surface area contributed by atoms with Gasteiger partial charge in [-0.3, -0.25) is 15.2 Å². The van der Waals surface area contributed by atoms with Crippen molar-refractivity contribution in [2.45, 2.75) is 20.8 Å². The van der Waals surface area contributed by atoms with Gasteiger partial charge in [0.1, 0.15) is 24.2 Å². The third kappa shape index (κ3) is 3.97. The number of aromatic amines is 1. The van der Waals surface area contributed by atoms with Crippen LogP contribution in [-0.2, 0) is 9.53 Å². The van der Waals surface area contributed by atoms with E-state index in [0.29, 0.717) is 22.2 Å². The Kier molecular flexibility index (Phi) is 5.43. The number of carbonyl (C=O) groups is 1. The van der Waals surface area contributed by atoms with E-state index in [1.165, 1.54) is 0 Å². The predicted molar refractivity (Wildman–Crippen MR) is 96.9 cm³/mol. The van der Waals surface area contributed by atoms with Crippen molar-refractivity contribution in [3.8, 4) is 17.1 Å². The Bertz CT molecular complexity index is 901. The lowest BCUT2D eigenvalue weighted by Gasteiger charge is -2.10. The average Bonchev–Trinajstić information content (AvgIpc) is 3.14. The Morgan fingerprint density at radius 3 is 2.69 bits per heavy atom. The number of esters is 1. The molecule has 1 aromatic carbocycles. The molecule has 3 aromatic rings. The number of aromatic nitrogens is 4. The van der Waals surface area contributed by atoms with Gasteiger partial charge in [0.05, 0.1) is 11.6 Å².